The molecule has 0 radical (unpaired) electrons. The van der Waals surface area contributed by atoms with Crippen molar-refractivity contribution >= 4 is 6.09 Å². The highest BCUT2D eigenvalue weighted by Gasteiger charge is 2.28. The molecular formula is C11H18N2O3. The number of carbonyl (C=O) groups is 1. The number of hydrogen-bond acceptors (Lipinski definition) is 4. The molecule has 0 saturated carbocycles. The molecule has 0 aromatic rings. The number of alkyl carbamates (subject to hydrolysis) is 1. The minimum absolute atomic E-state index is 0.211. The fourth-order valence-corrected chi connectivity index (χ4v) is 1.51. The first-order valence-electron chi connectivity index (χ1n) is 5.43. The van der Waals surface area contributed by atoms with E-state index in [1.807, 2.05) is 6.07 Å². The molecule has 90 valence electrons. The maximum absolute atomic E-state index is 11.4. The summed E-state index contributed by atoms with van der Waals surface area (Å²) >= 11 is 0. The number of nitrogens with one attached hydrogen (secondary N) is 1. The van der Waals surface area contributed by atoms with Crippen LogP contribution in [0.2, 0.25) is 0 Å². The third-order valence-electron chi connectivity index (χ3n) is 2.15. The zero-order chi connectivity index (χ0) is 12.2. The Morgan fingerprint density at radius 2 is 2.31 bits per heavy atom. The molecule has 0 aromatic carbocycles. The smallest absolute Gasteiger partial charge is 0.408 e. The van der Waals surface area contributed by atoms with Gasteiger partial charge in [0.2, 0.25) is 0 Å². The van der Waals surface area contributed by atoms with Crippen molar-refractivity contribution in [2.24, 2.45) is 0 Å². The number of nitrogens with zero attached hydrogens (tertiary/aromatic N) is 1. The van der Waals surface area contributed by atoms with Gasteiger partial charge < -0.3 is 14.8 Å². The molecule has 5 heteroatoms. The molecule has 1 amide bonds. The van der Waals surface area contributed by atoms with E-state index in [0.29, 0.717) is 6.61 Å². The lowest BCUT2D eigenvalue weighted by Crippen LogP contribution is -2.44. The summed E-state index contributed by atoms with van der Waals surface area (Å²) in [7, 11) is 0. The number of ether oxygens (including phenoxy) is 2. The van der Waals surface area contributed by atoms with Gasteiger partial charge in [-0.05, 0) is 33.6 Å². The summed E-state index contributed by atoms with van der Waals surface area (Å²) in [6.45, 7) is 5.99. The molecule has 1 N–H and O–H groups in total. The van der Waals surface area contributed by atoms with Gasteiger partial charge in [-0.3, -0.25) is 0 Å². The van der Waals surface area contributed by atoms with Gasteiger partial charge in [0.25, 0.3) is 0 Å². The van der Waals surface area contributed by atoms with Gasteiger partial charge in [-0.25, -0.2) is 4.79 Å². The van der Waals surface area contributed by atoms with Crippen LogP contribution in [-0.2, 0) is 9.47 Å². The largest absolute Gasteiger partial charge is 0.444 e. The zero-order valence-electron chi connectivity index (χ0n) is 9.95. The van der Waals surface area contributed by atoms with E-state index < -0.39 is 17.7 Å². The molecular weight excluding hydrogens is 208 g/mol. The third kappa shape index (κ3) is 4.07. The molecule has 0 spiro atoms. The van der Waals surface area contributed by atoms with E-state index in [-0.39, 0.29) is 6.10 Å². The molecule has 1 aliphatic heterocycles. The number of amides is 1. The SMILES string of the molecule is CC(C)(C)OC(=O)N[C@@H](C#N)[C@@H]1CCCO1. The molecule has 16 heavy (non-hydrogen) atoms. The van der Waals surface area contributed by atoms with Gasteiger partial charge in [0, 0.05) is 6.61 Å². The Balaban J connectivity index is 2.44. The van der Waals surface area contributed by atoms with Crippen molar-refractivity contribution in [1.29, 1.82) is 5.26 Å². The topological polar surface area (TPSA) is 71.3 Å². The molecule has 1 fully saturated rings. The van der Waals surface area contributed by atoms with E-state index in [0.717, 1.165) is 12.8 Å². The fraction of sp³-hybridized carbons (Fsp3) is 0.818. The minimum Gasteiger partial charge on any atom is -0.444 e. The number of nitriles is 1. The van der Waals surface area contributed by atoms with Crippen LogP contribution >= 0.6 is 0 Å². The molecule has 1 saturated heterocycles. The summed E-state index contributed by atoms with van der Waals surface area (Å²) in [4.78, 5) is 11.4. The van der Waals surface area contributed by atoms with Crippen molar-refractivity contribution in [3.05, 3.63) is 0 Å². The van der Waals surface area contributed by atoms with Crippen LogP contribution in [-0.4, -0.2) is 30.4 Å². The molecule has 1 aliphatic rings. The monoisotopic (exact) mass is 226 g/mol. The first-order chi connectivity index (χ1) is 7.42. The highest BCUT2D eigenvalue weighted by molar-refractivity contribution is 5.68. The number of carbonyl (C=O) groups excluding carboxylic acids is 1. The van der Waals surface area contributed by atoms with Crippen LogP contribution in [0.3, 0.4) is 0 Å². The summed E-state index contributed by atoms with van der Waals surface area (Å²) < 4.78 is 10.4. The van der Waals surface area contributed by atoms with Gasteiger partial charge in [-0.15, -0.1) is 0 Å². The van der Waals surface area contributed by atoms with Crippen LogP contribution in [0.1, 0.15) is 33.6 Å². The van der Waals surface area contributed by atoms with Crippen molar-refractivity contribution in [2.75, 3.05) is 6.61 Å². The van der Waals surface area contributed by atoms with Crippen molar-refractivity contribution < 1.29 is 14.3 Å². The first-order valence-corrected chi connectivity index (χ1v) is 5.43. The second kappa shape index (κ2) is 5.17. The van der Waals surface area contributed by atoms with Gasteiger partial charge in [0.05, 0.1) is 12.2 Å². The fourth-order valence-electron chi connectivity index (χ4n) is 1.51. The lowest BCUT2D eigenvalue weighted by atomic mass is 10.1. The Morgan fingerprint density at radius 1 is 1.62 bits per heavy atom. The van der Waals surface area contributed by atoms with Gasteiger partial charge >= 0.3 is 6.09 Å². The summed E-state index contributed by atoms with van der Waals surface area (Å²) in [6, 6.07) is 1.40. The van der Waals surface area contributed by atoms with Crippen molar-refractivity contribution in [1.82, 2.24) is 5.32 Å². The zero-order valence-corrected chi connectivity index (χ0v) is 9.95. The minimum atomic E-state index is -0.627. The van der Waals surface area contributed by atoms with Crippen LogP contribution in [0.5, 0.6) is 0 Å². The Morgan fingerprint density at radius 3 is 2.75 bits per heavy atom. The number of hydrogen-bond donors (Lipinski definition) is 1. The molecule has 1 rings (SSSR count). The van der Waals surface area contributed by atoms with Crippen molar-refractivity contribution in [3.63, 3.8) is 0 Å². The third-order valence-corrected chi connectivity index (χ3v) is 2.15. The van der Waals surface area contributed by atoms with E-state index in [2.05, 4.69) is 5.32 Å². The average molecular weight is 226 g/mol. The maximum Gasteiger partial charge on any atom is 0.408 e. The van der Waals surface area contributed by atoms with E-state index >= 15 is 0 Å². The molecule has 0 aliphatic carbocycles. The van der Waals surface area contributed by atoms with E-state index in [1.165, 1.54) is 0 Å². The Hall–Kier alpha value is -1.28. The standard InChI is InChI=1S/C11H18N2O3/c1-11(2,3)16-10(14)13-8(7-12)9-5-4-6-15-9/h8-9H,4-6H2,1-3H3,(H,13,14)/t8-,9-/m0/s1. The van der Waals surface area contributed by atoms with E-state index in [4.69, 9.17) is 14.7 Å². The van der Waals surface area contributed by atoms with Crippen LogP contribution in [0.15, 0.2) is 0 Å². The summed E-state index contributed by atoms with van der Waals surface area (Å²) in [5.74, 6) is 0. The summed E-state index contributed by atoms with van der Waals surface area (Å²) in [6.07, 6.45) is 0.944. The Labute approximate surface area is 95.7 Å². The quantitative estimate of drug-likeness (QED) is 0.776. The molecule has 5 nitrogen and oxygen atoms in total. The predicted octanol–water partition coefficient (Wildman–Crippen LogP) is 1.58. The van der Waals surface area contributed by atoms with Crippen LogP contribution in [0, 0.1) is 11.3 Å². The van der Waals surface area contributed by atoms with Crippen molar-refractivity contribution in [3.8, 4) is 6.07 Å². The Kier molecular flexibility index (Phi) is 4.13. The summed E-state index contributed by atoms with van der Waals surface area (Å²) in [5.41, 5.74) is -0.555. The molecule has 0 bridgehead atoms. The van der Waals surface area contributed by atoms with Gasteiger partial charge in [-0.2, -0.15) is 5.26 Å². The Bertz CT molecular complexity index is 285. The highest BCUT2D eigenvalue weighted by Crippen LogP contribution is 2.16. The van der Waals surface area contributed by atoms with Gasteiger partial charge in [0.15, 0.2) is 0 Å². The van der Waals surface area contributed by atoms with Crippen LogP contribution in [0.25, 0.3) is 0 Å². The molecule has 1 heterocycles. The predicted molar refractivity (Wildman–Crippen MR) is 57.7 cm³/mol. The first kappa shape index (κ1) is 12.8. The highest BCUT2D eigenvalue weighted by atomic mass is 16.6. The molecule has 2 atom stereocenters. The molecule has 0 aromatic heterocycles. The lowest BCUT2D eigenvalue weighted by Gasteiger charge is -2.22. The van der Waals surface area contributed by atoms with Crippen LogP contribution < -0.4 is 5.32 Å². The van der Waals surface area contributed by atoms with Crippen LogP contribution in [0.4, 0.5) is 4.79 Å². The average Bonchev–Trinajstić information content (AvgIpc) is 2.63. The molecule has 0 unspecified atom stereocenters. The van der Waals surface area contributed by atoms with Gasteiger partial charge in [-0.1, -0.05) is 0 Å². The normalized spacial score (nSPS) is 22.2. The van der Waals surface area contributed by atoms with Gasteiger partial charge in [0.1, 0.15) is 11.6 Å². The second-order valence-corrected chi connectivity index (χ2v) is 4.80. The van der Waals surface area contributed by atoms with E-state index in [1.54, 1.807) is 20.8 Å². The second-order valence-electron chi connectivity index (χ2n) is 4.80. The van der Waals surface area contributed by atoms with Crippen molar-refractivity contribution in [2.45, 2.75) is 51.4 Å². The number of rotatable bonds is 2. The summed E-state index contributed by atoms with van der Waals surface area (Å²) in [5, 5.41) is 11.5. The van der Waals surface area contributed by atoms with E-state index in [9.17, 15) is 4.79 Å². The maximum atomic E-state index is 11.4. The lowest BCUT2D eigenvalue weighted by molar-refractivity contribution is 0.0421.